The van der Waals surface area contributed by atoms with Crippen LogP contribution in [-0.4, -0.2) is 104 Å². The summed E-state index contributed by atoms with van der Waals surface area (Å²) in [5.74, 6) is -3.94. The molecule has 2 aromatic carbocycles. The maximum atomic E-state index is 13.7. The van der Waals surface area contributed by atoms with Gasteiger partial charge >= 0.3 is 12.1 Å². The highest BCUT2D eigenvalue weighted by atomic mass is 35.5. The third-order valence-electron chi connectivity index (χ3n) is 7.46. The molecule has 0 aliphatic carbocycles. The van der Waals surface area contributed by atoms with Gasteiger partial charge < -0.3 is 25.6 Å². The van der Waals surface area contributed by atoms with Crippen molar-refractivity contribution in [3.05, 3.63) is 79.9 Å². The molecule has 4 amide bonds. The fourth-order valence-electron chi connectivity index (χ4n) is 5.07. The normalized spacial score (nSPS) is 17.5. The number of phenolic OH excluding ortho intramolecular Hbond substituents is 1. The van der Waals surface area contributed by atoms with Gasteiger partial charge in [0.15, 0.2) is 4.34 Å². The van der Waals surface area contributed by atoms with Gasteiger partial charge in [-0.3, -0.25) is 19.3 Å². The minimum absolute atomic E-state index is 0.0337. The number of hydrogen-bond acceptors (Lipinski definition) is 14. The Labute approximate surface area is 318 Å². The van der Waals surface area contributed by atoms with Crippen LogP contribution in [0.15, 0.2) is 58.1 Å². The van der Waals surface area contributed by atoms with Crippen molar-refractivity contribution in [2.45, 2.75) is 35.3 Å². The van der Waals surface area contributed by atoms with E-state index in [0.29, 0.717) is 19.8 Å². The van der Waals surface area contributed by atoms with Crippen molar-refractivity contribution >= 4 is 97.9 Å². The van der Waals surface area contributed by atoms with Crippen LogP contribution in [0.1, 0.15) is 33.9 Å². The van der Waals surface area contributed by atoms with Crippen molar-refractivity contribution in [1.29, 1.82) is 0 Å². The second-order valence-corrected chi connectivity index (χ2v) is 17.1. The summed E-state index contributed by atoms with van der Waals surface area (Å²) in [5.41, 5.74) is 0.227. The number of hydrogen-bond donors (Lipinski definition) is 4. The average Bonchev–Trinajstić information content (AvgIpc) is 3.55. The molecule has 2 aliphatic rings. The predicted octanol–water partition coefficient (Wildman–Crippen LogP) is 3.47. The number of nitrogens with zero attached hydrogens (tertiary/aromatic N) is 4. The topological polar surface area (TPSA) is 225 Å². The molecular formula is C30H28Cl2N6O10S4. The molecule has 5 rings (SSSR count). The molecule has 4 N–H and O–H groups in total. The number of thioether (sulfide) groups is 2. The SMILES string of the molecule is CCOC(=O)N(Cc1nnc(SCC2=C(C(=O)O)N3C(=O)C(NC(=O)[C@@H](NC(=O)c4cc(Cl)cc(Cl)c4O)c4ccccc4)[C@@H]3SC2)s1)S(C)(=O)=O. The van der Waals surface area contributed by atoms with Crippen molar-refractivity contribution in [2.24, 2.45) is 0 Å². The van der Waals surface area contributed by atoms with Crippen LogP contribution in [-0.2, 0) is 35.7 Å². The molecule has 1 fully saturated rings. The number of carboxylic acids is 1. The number of carboxylic acid groups (broad SMARTS) is 1. The number of β-lactam (4-membered cyclic amide) rings is 1. The van der Waals surface area contributed by atoms with Crippen molar-refractivity contribution in [3.63, 3.8) is 0 Å². The average molecular weight is 832 g/mol. The molecule has 0 radical (unpaired) electrons. The van der Waals surface area contributed by atoms with E-state index in [4.69, 9.17) is 27.9 Å². The highest BCUT2D eigenvalue weighted by Crippen LogP contribution is 2.42. The number of carbonyl (C=O) groups is 5. The number of ether oxygens (including phenoxy) is 1. The van der Waals surface area contributed by atoms with Crippen LogP contribution in [0.4, 0.5) is 4.79 Å². The molecule has 52 heavy (non-hydrogen) atoms. The zero-order valence-electron chi connectivity index (χ0n) is 26.9. The molecule has 1 unspecified atom stereocenters. The second-order valence-electron chi connectivity index (χ2n) is 11.0. The minimum atomic E-state index is -3.97. The molecule has 16 nitrogen and oxygen atoms in total. The first-order valence-corrected chi connectivity index (χ1v) is 20.4. The number of aromatic nitrogens is 2. The zero-order valence-corrected chi connectivity index (χ0v) is 31.7. The molecule has 276 valence electrons. The molecule has 0 spiro atoms. The quantitative estimate of drug-likeness (QED) is 0.143. The first-order chi connectivity index (χ1) is 24.6. The third kappa shape index (κ3) is 8.58. The van der Waals surface area contributed by atoms with Crippen LogP contribution in [0.2, 0.25) is 10.0 Å². The lowest BCUT2D eigenvalue weighted by atomic mass is 10.0. The Kier molecular flexibility index (Phi) is 12.3. The van der Waals surface area contributed by atoms with E-state index in [1.54, 1.807) is 30.3 Å². The summed E-state index contributed by atoms with van der Waals surface area (Å²) >= 11 is 15.3. The summed E-state index contributed by atoms with van der Waals surface area (Å²) < 4.78 is 29.9. The molecule has 22 heteroatoms. The van der Waals surface area contributed by atoms with E-state index in [9.17, 15) is 42.6 Å². The van der Waals surface area contributed by atoms with E-state index in [1.807, 2.05) is 0 Å². The van der Waals surface area contributed by atoms with Gasteiger partial charge in [-0.15, -0.1) is 22.0 Å². The van der Waals surface area contributed by atoms with Gasteiger partial charge in [-0.2, -0.15) is 4.31 Å². The highest BCUT2D eigenvalue weighted by Gasteiger charge is 2.54. The van der Waals surface area contributed by atoms with E-state index in [2.05, 4.69) is 20.8 Å². The number of amides is 4. The Bertz CT molecular complexity index is 2070. The molecule has 3 heterocycles. The Morgan fingerprint density at radius 1 is 1.17 bits per heavy atom. The van der Waals surface area contributed by atoms with Crippen LogP contribution in [0, 0.1) is 0 Å². The van der Waals surface area contributed by atoms with Gasteiger partial charge in [0.1, 0.15) is 33.9 Å². The highest BCUT2D eigenvalue weighted by molar-refractivity contribution is 8.01. The van der Waals surface area contributed by atoms with E-state index < -0.39 is 69.6 Å². The number of halogens is 2. The van der Waals surface area contributed by atoms with E-state index >= 15 is 0 Å². The Morgan fingerprint density at radius 2 is 1.88 bits per heavy atom. The van der Waals surface area contributed by atoms with Crippen LogP contribution in [0.25, 0.3) is 0 Å². The standard InChI is InChI=1S/C30H28Cl2N6O10S4/c1-3-48-30(45)37(52(2,46)47)11-19-35-36-29(51-19)50-13-15-12-49-27-21(26(42)38(27)22(15)28(43)44)34-25(41)20(14-7-5-4-6-8-14)33-24(40)17-9-16(31)10-18(32)23(17)39/h4-10,20-21,27,39H,3,11-13H2,1-2H3,(H,33,40)(H,34,41)(H,43,44)/t20-,21?,27-/m0/s1. The minimum Gasteiger partial charge on any atom is -0.506 e. The predicted molar refractivity (Wildman–Crippen MR) is 193 cm³/mol. The second kappa shape index (κ2) is 16.3. The number of rotatable bonds is 13. The zero-order chi connectivity index (χ0) is 37.9. The molecule has 3 aromatic rings. The Morgan fingerprint density at radius 3 is 2.54 bits per heavy atom. The third-order valence-corrected chi connectivity index (χ3v) is 12.5. The summed E-state index contributed by atoms with van der Waals surface area (Å²) in [7, 11) is -3.97. The molecule has 0 bridgehead atoms. The number of sulfonamides is 1. The van der Waals surface area contributed by atoms with Crippen molar-refractivity contribution < 1.29 is 47.3 Å². The largest absolute Gasteiger partial charge is 0.506 e. The number of nitrogens with one attached hydrogen (secondary N) is 2. The van der Waals surface area contributed by atoms with Gasteiger partial charge in [0, 0.05) is 16.5 Å². The lowest BCUT2D eigenvalue weighted by Crippen LogP contribution is -2.71. The number of benzene rings is 2. The first kappa shape index (κ1) is 39.1. The summed E-state index contributed by atoms with van der Waals surface area (Å²) in [4.78, 5) is 65.9. The van der Waals surface area contributed by atoms with Crippen molar-refractivity contribution in [3.8, 4) is 5.75 Å². The van der Waals surface area contributed by atoms with Gasteiger partial charge in [-0.1, -0.05) is 76.6 Å². The van der Waals surface area contributed by atoms with Gasteiger partial charge in [-0.05, 0) is 30.2 Å². The molecule has 3 atom stereocenters. The van der Waals surface area contributed by atoms with Gasteiger partial charge in [0.05, 0.1) is 30.0 Å². The monoisotopic (exact) mass is 830 g/mol. The van der Waals surface area contributed by atoms with Crippen LogP contribution in [0.5, 0.6) is 5.75 Å². The summed E-state index contributed by atoms with van der Waals surface area (Å²) in [6.45, 7) is 1.10. The summed E-state index contributed by atoms with van der Waals surface area (Å²) in [5, 5.41) is 32.9. The smallest absolute Gasteiger partial charge is 0.423 e. The van der Waals surface area contributed by atoms with Crippen LogP contribution < -0.4 is 10.6 Å². The van der Waals surface area contributed by atoms with Gasteiger partial charge in [0.2, 0.25) is 15.9 Å². The van der Waals surface area contributed by atoms with E-state index in [-0.39, 0.29) is 44.4 Å². The number of fused-ring (bicyclic) bond motifs is 1. The number of carbonyl (C=O) groups excluding carboxylic acids is 4. The first-order valence-electron chi connectivity index (χ1n) is 14.9. The number of aliphatic carboxylic acids is 1. The summed E-state index contributed by atoms with van der Waals surface area (Å²) in [6, 6.07) is 8.12. The fourth-order valence-corrected chi connectivity index (χ4v) is 9.69. The molecule has 1 saturated heterocycles. The van der Waals surface area contributed by atoms with Crippen molar-refractivity contribution in [1.82, 2.24) is 30.0 Å². The van der Waals surface area contributed by atoms with Gasteiger partial charge in [-0.25, -0.2) is 18.0 Å². The Hall–Kier alpha value is -4.08. The fraction of sp³-hybridized carbons (Fsp3) is 0.300. The molecule has 1 aromatic heterocycles. The van der Waals surface area contributed by atoms with Gasteiger partial charge in [0.25, 0.3) is 11.8 Å². The Balaban J connectivity index is 1.28. The van der Waals surface area contributed by atoms with E-state index in [0.717, 1.165) is 34.3 Å². The number of phenols is 1. The van der Waals surface area contributed by atoms with E-state index in [1.165, 1.54) is 30.8 Å². The maximum Gasteiger partial charge on any atom is 0.423 e. The lowest BCUT2D eigenvalue weighted by Gasteiger charge is -2.49. The van der Waals surface area contributed by atoms with Crippen molar-refractivity contribution in [2.75, 3.05) is 24.4 Å². The maximum absolute atomic E-state index is 13.7. The van der Waals surface area contributed by atoms with Crippen LogP contribution in [0.3, 0.4) is 0 Å². The van der Waals surface area contributed by atoms with Crippen LogP contribution >= 0.6 is 58.1 Å². The molecule has 0 saturated carbocycles. The lowest BCUT2D eigenvalue weighted by molar-refractivity contribution is -0.151. The number of aromatic hydroxyl groups is 1. The molecular weight excluding hydrogens is 804 g/mol. The molecule has 2 aliphatic heterocycles. The summed E-state index contributed by atoms with van der Waals surface area (Å²) in [6.07, 6.45) is -0.205.